The SMILES string of the molecule is CCCCCCCN(c1ccccc1)[P+](N(CCCCCCC)c1ccccc1)(N(CCCCCCC)c1ccccc1)N(CCCCCCC)c1ccc(C)cc1.[I-]. The number of rotatable bonds is 32. The topological polar surface area (TPSA) is 13.0 Å². The first-order chi connectivity index (χ1) is 28.6. The van der Waals surface area contributed by atoms with Gasteiger partial charge in [-0.15, -0.1) is 0 Å². The Morgan fingerprint density at radius 1 is 0.305 bits per heavy atom. The van der Waals surface area contributed by atoms with Gasteiger partial charge in [0.25, 0.3) is 0 Å². The maximum atomic E-state index is 2.98. The lowest BCUT2D eigenvalue weighted by atomic mass is 10.1. The van der Waals surface area contributed by atoms with E-state index in [0.717, 1.165) is 26.2 Å². The van der Waals surface area contributed by atoms with Crippen molar-refractivity contribution in [1.82, 2.24) is 0 Å². The molecule has 0 N–H and O–H groups in total. The molecule has 0 spiro atoms. The fraction of sp³-hybridized carbons (Fsp3) is 0.547. The van der Waals surface area contributed by atoms with E-state index in [0.29, 0.717) is 0 Å². The molecule has 4 nitrogen and oxygen atoms in total. The number of hydrogen-bond acceptors (Lipinski definition) is 4. The molecule has 0 unspecified atom stereocenters. The molecular weight excluding hydrogens is 850 g/mol. The molecule has 6 heteroatoms. The average Bonchev–Trinajstić information content (AvgIpc) is 3.26. The first-order valence-electron chi connectivity index (χ1n) is 23.8. The summed E-state index contributed by atoms with van der Waals surface area (Å²) >= 11 is 0. The number of hydrogen-bond donors (Lipinski definition) is 0. The van der Waals surface area contributed by atoms with E-state index in [1.165, 1.54) is 157 Å². The molecule has 4 aromatic carbocycles. The molecule has 0 aliphatic rings. The maximum absolute atomic E-state index is 2.98. The first-order valence-corrected chi connectivity index (χ1v) is 25.4. The second-order valence-electron chi connectivity index (χ2n) is 16.5. The van der Waals surface area contributed by atoms with Crippen molar-refractivity contribution < 1.29 is 24.0 Å². The second kappa shape index (κ2) is 30.3. The summed E-state index contributed by atoms with van der Waals surface area (Å²) in [7, 11) is -2.73. The molecule has 4 rings (SSSR count). The summed E-state index contributed by atoms with van der Waals surface area (Å²) < 4.78 is 11.9. The van der Waals surface area contributed by atoms with Crippen molar-refractivity contribution >= 4 is 30.6 Å². The highest BCUT2D eigenvalue weighted by atomic mass is 127. The van der Waals surface area contributed by atoms with Crippen molar-refractivity contribution in [1.29, 1.82) is 0 Å². The van der Waals surface area contributed by atoms with Crippen molar-refractivity contribution in [2.75, 3.05) is 44.9 Å². The maximum Gasteiger partial charge on any atom is 0.405 e. The number of unbranched alkanes of at least 4 members (excludes halogenated alkanes) is 16. The zero-order valence-corrected chi connectivity index (χ0v) is 41.1. The number of para-hydroxylation sites is 3. The van der Waals surface area contributed by atoms with Gasteiger partial charge in [0.2, 0.25) is 0 Å². The quantitative estimate of drug-likeness (QED) is 0.0275. The van der Waals surface area contributed by atoms with Gasteiger partial charge in [-0.05, 0) is 81.1 Å². The summed E-state index contributed by atoms with van der Waals surface area (Å²) in [6.07, 6.45) is 25.2. The number of nitrogens with zero attached hydrogens (tertiary/aromatic N) is 4. The van der Waals surface area contributed by atoms with Crippen LogP contribution in [0.4, 0.5) is 22.7 Å². The van der Waals surface area contributed by atoms with Crippen LogP contribution >= 0.6 is 7.87 Å². The minimum Gasteiger partial charge on any atom is -1.00 e. The van der Waals surface area contributed by atoms with Crippen molar-refractivity contribution in [3.63, 3.8) is 0 Å². The molecule has 4 aromatic rings. The Morgan fingerprint density at radius 3 is 0.797 bits per heavy atom. The van der Waals surface area contributed by atoms with Gasteiger partial charge >= 0.3 is 7.87 Å². The van der Waals surface area contributed by atoms with Gasteiger partial charge in [0, 0.05) is 0 Å². The Bertz CT molecular complexity index is 1430. The highest BCUT2D eigenvalue weighted by molar-refractivity contribution is 7.81. The zero-order valence-electron chi connectivity index (χ0n) is 38.1. The van der Waals surface area contributed by atoms with Crippen LogP contribution in [0.2, 0.25) is 0 Å². The molecule has 0 radical (unpaired) electrons. The number of aryl methyl sites for hydroxylation is 1. The van der Waals surface area contributed by atoms with E-state index in [9.17, 15) is 0 Å². The minimum absolute atomic E-state index is 0. The highest BCUT2D eigenvalue weighted by Crippen LogP contribution is 2.73. The Hall–Kier alpha value is -2.76. The van der Waals surface area contributed by atoms with E-state index in [1.807, 2.05) is 0 Å². The molecule has 0 saturated carbocycles. The van der Waals surface area contributed by atoms with Crippen LogP contribution in [0.1, 0.15) is 162 Å². The molecule has 0 aliphatic heterocycles. The van der Waals surface area contributed by atoms with Gasteiger partial charge in [0.05, 0.1) is 48.9 Å². The highest BCUT2D eigenvalue weighted by Gasteiger charge is 2.63. The molecule has 0 saturated heterocycles. The normalized spacial score (nSPS) is 11.3. The molecule has 0 aromatic heterocycles. The summed E-state index contributed by atoms with van der Waals surface area (Å²) in [4.78, 5) is 0. The standard InChI is InChI=1S/C53H82N4P.HI/c1-6-10-14-18-31-45-54(50-35-25-22-26-36-50)58(55(46-32-19-15-11-7-2)51-37-27-23-28-38-51,56(47-33-20-16-12-8-3)52-39-29-24-30-40-52)57(48-34-21-17-13-9-4)53-43-41-49(5)42-44-53;/h22-30,35-44H,6-21,31-34,45-48H2,1-5H3;1H/q+1;/p-1. The molecule has 0 heterocycles. The third kappa shape index (κ3) is 15.9. The minimum atomic E-state index is -2.73. The lowest BCUT2D eigenvalue weighted by Crippen LogP contribution is -3.00. The molecule has 0 fully saturated rings. The van der Waals surface area contributed by atoms with Gasteiger partial charge in [-0.1, -0.05) is 203 Å². The largest absolute Gasteiger partial charge is 1.00 e. The van der Waals surface area contributed by atoms with Gasteiger partial charge in [0.1, 0.15) is 0 Å². The van der Waals surface area contributed by atoms with E-state index >= 15 is 0 Å². The first kappa shape index (κ1) is 50.6. The Kier molecular flexibility index (Phi) is 26.0. The van der Waals surface area contributed by atoms with Gasteiger partial charge in [-0.2, -0.15) is 18.7 Å². The zero-order chi connectivity index (χ0) is 41.1. The van der Waals surface area contributed by atoms with Crippen LogP contribution < -0.4 is 42.7 Å². The number of anilines is 4. The molecule has 326 valence electrons. The molecule has 0 atom stereocenters. The van der Waals surface area contributed by atoms with Gasteiger partial charge < -0.3 is 24.0 Å². The average molecular weight is 933 g/mol. The fourth-order valence-corrected chi connectivity index (χ4v) is 13.4. The predicted octanol–water partition coefficient (Wildman–Crippen LogP) is 13.9. The van der Waals surface area contributed by atoms with Crippen LogP contribution in [-0.4, -0.2) is 26.2 Å². The summed E-state index contributed by atoms with van der Waals surface area (Å²) in [6, 6.07) is 44.5. The summed E-state index contributed by atoms with van der Waals surface area (Å²) in [5.41, 5.74) is 6.69. The number of benzene rings is 4. The van der Waals surface area contributed by atoms with Crippen LogP contribution in [0.15, 0.2) is 115 Å². The molecular formula is C53H82IN4P. The monoisotopic (exact) mass is 933 g/mol. The molecule has 0 aliphatic carbocycles. The van der Waals surface area contributed by atoms with Crippen molar-refractivity contribution in [3.8, 4) is 0 Å². The molecule has 0 bridgehead atoms. The third-order valence-corrected chi connectivity index (χ3v) is 16.0. The van der Waals surface area contributed by atoms with Gasteiger partial charge in [-0.25, -0.2) is 0 Å². The van der Waals surface area contributed by atoms with Crippen LogP contribution in [0.3, 0.4) is 0 Å². The van der Waals surface area contributed by atoms with Crippen molar-refractivity contribution in [3.05, 3.63) is 121 Å². The third-order valence-electron chi connectivity index (χ3n) is 11.7. The Balaban J connectivity index is 0.00000930. The number of halogens is 1. The van der Waals surface area contributed by atoms with E-state index in [2.05, 4.69) is 169 Å². The Morgan fingerprint density at radius 2 is 0.542 bits per heavy atom. The second-order valence-corrected chi connectivity index (χ2v) is 19.5. The molecule has 59 heavy (non-hydrogen) atoms. The van der Waals surface area contributed by atoms with Crippen LogP contribution in [0, 0.1) is 6.92 Å². The van der Waals surface area contributed by atoms with Gasteiger partial charge in [0.15, 0.2) is 0 Å². The van der Waals surface area contributed by atoms with Crippen LogP contribution in [0.25, 0.3) is 0 Å². The lowest BCUT2D eigenvalue weighted by Gasteiger charge is -2.53. The van der Waals surface area contributed by atoms with Crippen molar-refractivity contribution in [2.24, 2.45) is 0 Å². The van der Waals surface area contributed by atoms with E-state index in [-0.39, 0.29) is 24.0 Å². The Labute approximate surface area is 381 Å². The van der Waals surface area contributed by atoms with E-state index in [4.69, 9.17) is 0 Å². The fourth-order valence-electron chi connectivity index (χ4n) is 8.43. The summed E-state index contributed by atoms with van der Waals surface area (Å²) in [5, 5.41) is 0. The lowest BCUT2D eigenvalue weighted by molar-refractivity contribution is -0.0000122. The predicted molar refractivity (Wildman–Crippen MR) is 262 cm³/mol. The molecule has 0 amide bonds. The van der Waals surface area contributed by atoms with Crippen LogP contribution in [0.5, 0.6) is 0 Å². The van der Waals surface area contributed by atoms with Crippen LogP contribution in [-0.2, 0) is 0 Å². The smallest absolute Gasteiger partial charge is 0.405 e. The van der Waals surface area contributed by atoms with E-state index < -0.39 is 7.87 Å². The van der Waals surface area contributed by atoms with Crippen molar-refractivity contribution in [2.45, 2.75) is 163 Å². The summed E-state index contributed by atoms with van der Waals surface area (Å²) in [6.45, 7) is 15.6. The summed E-state index contributed by atoms with van der Waals surface area (Å²) in [5.74, 6) is 0. The van der Waals surface area contributed by atoms with E-state index in [1.54, 1.807) is 0 Å². The van der Waals surface area contributed by atoms with Gasteiger partial charge in [-0.3, -0.25) is 0 Å².